The van der Waals surface area contributed by atoms with E-state index >= 15 is 0 Å². The van der Waals surface area contributed by atoms with Crippen molar-refractivity contribution >= 4 is 0 Å². The molecule has 0 aromatic carbocycles. The van der Waals surface area contributed by atoms with Gasteiger partial charge in [-0.2, -0.15) is 0 Å². The van der Waals surface area contributed by atoms with Crippen molar-refractivity contribution in [3.63, 3.8) is 0 Å². The van der Waals surface area contributed by atoms with Crippen molar-refractivity contribution in [1.82, 2.24) is 14.5 Å². The number of hydrogen-bond donors (Lipinski definition) is 0. The highest BCUT2D eigenvalue weighted by atomic mass is 16.5. The van der Waals surface area contributed by atoms with Crippen LogP contribution in [0, 0.1) is 12.8 Å². The van der Waals surface area contributed by atoms with E-state index < -0.39 is 0 Å². The second-order valence-electron chi connectivity index (χ2n) is 5.50. The van der Waals surface area contributed by atoms with Gasteiger partial charge < -0.3 is 13.7 Å². The lowest BCUT2D eigenvalue weighted by Crippen LogP contribution is -2.29. The van der Waals surface area contributed by atoms with Crippen molar-refractivity contribution in [2.45, 2.75) is 26.6 Å². The Kier molecular flexibility index (Phi) is 3.89. The van der Waals surface area contributed by atoms with Gasteiger partial charge in [-0.3, -0.25) is 4.90 Å². The fraction of sp³-hybridized carbons (Fsp3) is 0.533. The van der Waals surface area contributed by atoms with Crippen LogP contribution in [0.25, 0.3) is 0 Å². The molecular formula is C15H21N3O2. The van der Waals surface area contributed by atoms with E-state index in [2.05, 4.69) is 26.7 Å². The first-order valence-corrected chi connectivity index (χ1v) is 7.01. The van der Waals surface area contributed by atoms with Crippen LogP contribution in [0.5, 0.6) is 0 Å². The quantitative estimate of drug-likeness (QED) is 0.856. The largest absolute Gasteiger partial charge is 0.465 e. The van der Waals surface area contributed by atoms with Crippen LogP contribution >= 0.6 is 0 Å². The summed E-state index contributed by atoms with van der Waals surface area (Å²) in [5.41, 5.74) is 0. The first kappa shape index (κ1) is 13.4. The SMILES string of the molecule is COC[C@@H]1CN(Cc2ccc(C)o2)Cc2nccn2C1. The average molecular weight is 275 g/mol. The van der Waals surface area contributed by atoms with Crippen molar-refractivity contribution in [3.8, 4) is 0 Å². The summed E-state index contributed by atoms with van der Waals surface area (Å²) < 4.78 is 13.3. The van der Waals surface area contributed by atoms with E-state index in [1.807, 2.05) is 19.2 Å². The summed E-state index contributed by atoms with van der Waals surface area (Å²) in [6.45, 7) is 6.39. The number of ether oxygens (including phenoxy) is 1. The van der Waals surface area contributed by atoms with Crippen LogP contribution < -0.4 is 0 Å². The molecule has 0 saturated carbocycles. The van der Waals surface area contributed by atoms with E-state index in [4.69, 9.17) is 9.15 Å². The van der Waals surface area contributed by atoms with Gasteiger partial charge in [0.15, 0.2) is 0 Å². The van der Waals surface area contributed by atoms with Crippen LogP contribution in [-0.2, 0) is 24.4 Å². The van der Waals surface area contributed by atoms with E-state index in [1.54, 1.807) is 7.11 Å². The Labute approximate surface area is 119 Å². The number of furan rings is 1. The Morgan fingerprint density at radius 2 is 2.30 bits per heavy atom. The summed E-state index contributed by atoms with van der Waals surface area (Å²) in [5, 5.41) is 0. The Morgan fingerprint density at radius 3 is 3.05 bits per heavy atom. The summed E-state index contributed by atoms with van der Waals surface area (Å²) >= 11 is 0. The molecule has 3 heterocycles. The number of hydrogen-bond acceptors (Lipinski definition) is 4. The summed E-state index contributed by atoms with van der Waals surface area (Å²) in [7, 11) is 1.76. The van der Waals surface area contributed by atoms with Crippen molar-refractivity contribution in [2.24, 2.45) is 5.92 Å². The topological polar surface area (TPSA) is 43.4 Å². The Balaban J connectivity index is 1.76. The molecular weight excluding hydrogens is 254 g/mol. The van der Waals surface area contributed by atoms with Crippen molar-refractivity contribution in [3.05, 3.63) is 41.9 Å². The molecule has 0 N–H and O–H groups in total. The highest BCUT2D eigenvalue weighted by Gasteiger charge is 2.23. The van der Waals surface area contributed by atoms with Gasteiger partial charge in [0.1, 0.15) is 17.3 Å². The van der Waals surface area contributed by atoms with Crippen LogP contribution in [0.2, 0.25) is 0 Å². The zero-order valence-electron chi connectivity index (χ0n) is 12.1. The predicted molar refractivity (Wildman–Crippen MR) is 75.2 cm³/mol. The van der Waals surface area contributed by atoms with Crippen LogP contribution in [0.4, 0.5) is 0 Å². The van der Waals surface area contributed by atoms with Gasteiger partial charge in [-0.05, 0) is 19.1 Å². The van der Waals surface area contributed by atoms with E-state index in [1.165, 1.54) is 0 Å². The molecule has 0 saturated heterocycles. The van der Waals surface area contributed by atoms with Crippen molar-refractivity contribution in [2.75, 3.05) is 20.3 Å². The van der Waals surface area contributed by atoms with Gasteiger partial charge in [-0.1, -0.05) is 0 Å². The normalized spacial score (nSPS) is 19.8. The predicted octanol–water partition coefficient (Wildman–Crippen LogP) is 2.06. The molecule has 1 aliphatic heterocycles. The second kappa shape index (κ2) is 5.81. The maximum atomic E-state index is 5.69. The van der Waals surface area contributed by atoms with Crippen LogP contribution in [0.15, 0.2) is 28.9 Å². The summed E-state index contributed by atoms with van der Waals surface area (Å²) in [6.07, 6.45) is 3.93. The number of aryl methyl sites for hydroxylation is 1. The number of methoxy groups -OCH3 is 1. The molecule has 0 aliphatic carbocycles. The van der Waals surface area contributed by atoms with Gasteiger partial charge in [0.2, 0.25) is 0 Å². The third-order valence-corrected chi connectivity index (χ3v) is 3.72. The highest BCUT2D eigenvalue weighted by molar-refractivity contribution is 5.06. The fourth-order valence-electron chi connectivity index (χ4n) is 2.88. The lowest BCUT2D eigenvalue weighted by molar-refractivity contribution is 0.112. The van der Waals surface area contributed by atoms with Crippen LogP contribution in [-0.4, -0.2) is 34.7 Å². The molecule has 3 rings (SSSR count). The molecule has 5 nitrogen and oxygen atoms in total. The first-order valence-electron chi connectivity index (χ1n) is 7.01. The third kappa shape index (κ3) is 2.94. The summed E-state index contributed by atoms with van der Waals surface area (Å²) in [4.78, 5) is 6.84. The van der Waals surface area contributed by atoms with Crippen LogP contribution in [0.3, 0.4) is 0 Å². The maximum absolute atomic E-state index is 5.69. The Bertz CT molecular complexity index is 561. The molecule has 108 valence electrons. The molecule has 5 heteroatoms. The summed E-state index contributed by atoms with van der Waals surface area (Å²) in [6, 6.07) is 4.07. The molecule has 0 spiro atoms. The molecule has 2 aromatic heterocycles. The van der Waals surface area contributed by atoms with Gasteiger partial charge in [-0.15, -0.1) is 0 Å². The summed E-state index contributed by atoms with van der Waals surface area (Å²) in [5.74, 6) is 3.57. The zero-order valence-corrected chi connectivity index (χ0v) is 12.1. The van der Waals surface area contributed by atoms with Gasteiger partial charge in [0, 0.05) is 38.5 Å². The van der Waals surface area contributed by atoms with Gasteiger partial charge in [-0.25, -0.2) is 4.98 Å². The minimum atomic E-state index is 0.478. The standard InChI is InChI=1S/C15H21N3O2/c1-12-3-4-14(20-12)9-17-7-13(11-19-2)8-18-6-5-16-15(18)10-17/h3-6,13H,7-11H2,1-2H3/t13-/m1/s1. The molecule has 1 aliphatic rings. The fourth-order valence-corrected chi connectivity index (χ4v) is 2.88. The lowest BCUT2D eigenvalue weighted by Gasteiger charge is -2.22. The smallest absolute Gasteiger partial charge is 0.122 e. The average Bonchev–Trinajstić information content (AvgIpc) is 2.96. The van der Waals surface area contributed by atoms with Crippen molar-refractivity contribution in [1.29, 1.82) is 0 Å². The van der Waals surface area contributed by atoms with E-state index in [-0.39, 0.29) is 0 Å². The molecule has 0 amide bonds. The van der Waals surface area contributed by atoms with Crippen molar-refractivity contribution < 1.29 is 9.15 Å². The zero-order chi connectivity index (χ0) is 13.9. The number of aromatic nitrogens is 2. The second-order valence-corrected chi connectivity index (χ2v) is 5.50. The molecule has 0 bridgehead atoms. The Morgan fingerprint density at radius 1 is 1.40 bits per heavy atom. The number of fused-ring (bicyclic) bond motifs is 1. The number of rotatable bonds is 4. The van der Waals surface area contributed by atoms with E-state index in [0.29, 0.717) is 5.92 Å². The third-order valence-electron chi connectivity index (χ3n) is 3.72. The van der Waals surface area contributed by atoms with Gasteiger partial charge in [0.05, 0.1) is 19.7 Å². The minimum absolute atomic E-state index is 0.478. The minimum Gasteiger partial charge on any atom is -0.465 e. The maximum Gasteiger partial charge on any atom is 0.122 e. The first-order chi connectivity index (χ1) is 9.74. The molecule has 1 atom stereocenters. The highest BCUT2D eigenvalue weighted by Crippen LogP contribution is 2.19. The number of imidazole rings is 1. The van der Waals surface area contributed by atoms with Crippen LogP contribution in [0.1, 0.15) is 17.3 Å². The number of nitrogens with zero attached hydrogens (tertiary/aromatic N) is 3. The lowest BCUT2D eigenvalue weighted by atomic mass is 10.1. The monoisotopic (exact) mass is 275 g/mol. The molecule has 20 heavy (non-hydrogen) atoms. The molecule has 2 aromatic rings. The molecule has 0 radical (unpaired) electrons. The van der Waals surface area contributed by atoms with E-state index in [0.717, 1.165) is 50.1 Å². The van der Waals surface area contributed by atoms with Gasteiger partial charge in [0.25, 0.3) is 0 Å². The molecule has 0 fully saturated rings. The van der Waals surface area contributed by atoms with E-state index in [9.17, 15) is 0 Å². The molecule has 0 unspecified atom stereocenters. The van der Waals surface area contributed by atoms with Gasteiger partial charge >= 0.3 is 0 Å². The Hall–Kier alpha value is -1.59.